The second-order valence-corrected chi connectivity index (χ2v) is 6.38. The van der Waals surface area contributed by atoms with Gasteiger partial charge in [0.2, 0.25) is 5.82 Å². The van der Waals surface area contributed by atoms with E-state index >= 15 is 0 Å². The van der Waals surface area contributed by atoms with E-state index in [0.717, 1.165) is 37.3 Å². The maximum atomic E-state index is 12.2. The van der Waals surface area contributed by atoms with Gasteiger partial charge in [-0.15, -0.1) is 0 Å². The van der Waals surface area contributed by atoms with Gasteiger partial charge in [0.25, 0.3) is 0 Å². The van der Waals surface area contributed by atoms with E-state index in [4.69, 9.17) is 4.52 Å². The first kappa shape index (κ1) is 18.8. The molecule has 27 heavy (non-hydrogen) atoms. The van der Waals surface area contributed by atoms with Crippen molar-refractivity contribution in [2.75, 3.05) is 26.2 Å². The summed E-state index contributed by atoms with van der Waals surface area (Å²) in [6.07, 6.45) is 4.88. The average Bonchev–Trinajstić information content (AvgIpc) is 3.40. The van der Waals surface area contributed by atoms with Gasteiger partial charge < -0.3 is 19.3 Å². The SMILES string of the molecule is CC[NH+](CC)CCCNC(=O)c1nc(-c2ccc(-n3cccc3)cc2)no1. The van der Waals surface area contributed by atoms with Crippen LogP contribution in [0.1, 0.15) is 31.0 Å². The van der Waals surface area contributed by atoms with Crippen molar-refractivity contribution < 1.29 is 14.2 Å². The molecule has 1 aromatic carbocycles. The van der Waals surface area contributed by atoms with E-state index in [9.17, 15) is 4.79 Å². The Kier molecular flexibility index (Phi) is 6.38. The lowest BCUT2D eigenvalue weighted by Gasteiger charge is -2.14. The van der Waals surface area contributed by atoms with Gasteiger partial charge in [0.15, 0.2) is 0 Å². The van der Waals surface area contributed by atoms with Crippen LogP contribution in [0.15, 0.2) is 53.3 Å². The summed E-state index contributed by atoms with van der Waals surface area (Å²) in [5.41, 5.74) is 1.85. The predicted molar refractivity (Wildman–Crippen MR) is 103 cm³/mol. The Morgan fingerprint density at radius 3 is 2.52 bits per heavy atom. The summed E-state index contributed by atoms with van der Waals surface area (Å²) in [6.45, 7) is 8.17. The number of quaternary nitrogens is 1. The van der Waals surface area contributed by atoms with Gasteiger partial charge >= 0.3 is 11.8 Å². The molecule has 0 saturated heterocycles. The van der Waals surface area contributed by atoms with Gasteiger partial charge in [-0.05, 0) is 50.2 Å². The minimum atomic E-state index is -0.327. The van der Waals surface area contributed by atoms with E-state index in [2.05, 4.69) is 29.3 Å². The van der Waals surface area contributed by atoms with Gasteiger partial charge in [0.1, 0.15) is 0 Å². The largest absolute Gasteiger partial charge is 0.348 e. The summed E-state index contributed by atoms with van der Waals surface area (Å²) in [6, 6.07) is 11.7. The van der Waals surface area contributed by atoms with E-state index in [1.807, 2.05) is 53.4 Å². The molecule has 3 rings (SSSR count). The molecule has 0 aliphatic heterocycles. The highest BCUT2D eigenvalue weighted by molar-refractivity contribution is 5.89. The average molecular weight is 368 g/mol. The maximum absolute atomic E-state index is 12.2. The number of hydrogen-bond donors (Lipinski definition) is 2. The molecule has 0 unspecified atom stereocenters. The Morgan fingerprint density at radius 2 is 1.85 bits per heavy atom. The van der Waals surface area contributed by atoms with Gasteiger partial charge in [0, 0.05) is 36.6 Å². The van der Waals surface area contributed by atoms with E-state index < -0.39 is 0 Å². The Balaban J connectivity index is 1.55. The van der Waals surface area contributed by atoms with Crippen LogP contribution in [0.4, 0.5) is 0 Å². The smallest absolute Gasteiger partial charge is 0.316 e. The third-order valence-corrected chi connectivity index (χ3v) is 4.64. The first-order valence-electron chi connectivity index (χ1n) is 9.40. The fraction of sp³-hybridized carbons (Fsp3) is 0.350. The van der Waals surface area contributed by atoms with Crippen LogP contribution in [0, 0.1) is 0 Å². The van der Waals surface area contributed by atoms with Gasteiger partial charge in [-0.3, -0.25) is 4.79 Å². The van der Waals surface area contributed by atoms with Crippen LogP contribution in [-0.2, 0) is 0 Å². The van der Waals surface area contributed by atoms with Crippen LogP contribution in [0.3, 0.4) is 0 Å². The Bertz CT molecular complexity index is 836. The van der Waals surface area contributed by atoms with Crippen molar-refractivity contribution in [2.45, 2.75) is 20.3 Å². The molecular formula is C20H26N5O2+. The number of carbonyl (C=O) groups is 1. The van der Waals surface area contributed by atoms with Crippen molar-refractivity contribution in [2.24, 2.45) is 0 Å². The van der Waals surface area contributed by atoms with Gasteiger partial charge in [-0.2, -0.15) is 4.98 Å². The monoisotopic (exact) mass is 368 g/mol. The maximum Gasteiger partial charge on any atom is 0.316 e. The lowest BCUT2D eigenvalue weighted by molar-refractivity contribution is -0.896. The summed E-state index contributed by atoms with van der Waals surface area (Å²) >= 11 is 0. The number of rotatable bonds is 9. The molecule has 0 radical (unpaired) electrons. The van der Waals surface area contributed by atoms with Crippen LogP contribution >= 0.6 is 0 Å². The van der Waals surface area contributed by atoms with Crippen LogP contribution in [0.5, 0.6) is 0 Å². The van der Waals surface area contributed by atoms with Crippen molar-refractivity contribution in [3.63, 3.8) is 0 Å². The number of nitrogens with one attached hydrogen (secondary N) is 2. The molecule has 7 nitrogen and oxygen atoms in total. The van der Waals surface area contributed by atoms with E-state index in [0.29, 0.717) is 12.4 Å². The molecule has 2 N–H and O–H groups in total. The quantitative estimate of drug-likeness (QED) is 0.562. The first-order valence-corrected chi connectivity index (χ1v) is 9.40. The molecule has 0 bridgehead atoms. The molecule has 0 aliphatic carbocycles. The lowest BCUT2D eigenvalue weighted by Crippen LogP contribution is -3.11. The molecule has 3 aromatic rings. The molecule has 0 saturated carbocycles. The number of hydrogen-bond acceptors (Lipinski definition) is 4. The fourth-order valence-electron chi connectivity index (χ4n) is 2.94. The van der Waals surface area contributed by atoms with Gasteiger partial charge in [-0.1, -0.05) is 5.16 Å². The van der Waals surface area contributed by atoms with E-state index in [1.54, 1.807) is 0 Å². The normalized spacial score (nSPS) is 11.1. The molecule has 0 spiro atoms. The minimum Gasteiger partial charge on any atom is -0.348 e. The molecule has 0 aliphatic rings. The Labute approximate surface area is 159 Å². The highest BCUT2D eigenvalue weighted by Crippen LogP contribution is 2.18. The number of nitrogens with zero attached hydrogens (tertiary/aromatic N) is 3. The third kappa shape index (κ3) is 4.83. The minimum absolute atomic E-state index is 0.00493. The highest BCUT2D eigenvalue weighted by Gasteiger charge is 2.16. The molecule has 1 amide bonds. The van der Waals surface area contributed by atoms with Crippen molar-refractivity contribution in [1.29, 1.82) is 0 Å². The molecule has 2 heterocycles. The zero-order chi connectivity index (χ0) is 19.1. The van der Waals surface area contributed by atoms with Crippen LogP contribution in [0.2, 0.25) is 0 Å². The van der Waals surface area contributed by atoms with Gasteiger partial charge in [0.05, 0.1) is 19.6 Å². The second-order valence-electron chi connectivity index (χ2n) is 6.38. The highest BCUT2D eigenvalue weighted by atomic mass is 16.5. The zero-order valence-corrected chi connectivity index (χ0v) is 15.8. The summed E-state index contributed by atoms with van der Waals surface area (Å²) in [5, 5.41) is 6.77. The molecule has 142 valence electrons. The Morgan fingerprint density at radius 1 is 1.15 bits per heavy atom. The number of amides is 1. The van der Waals surface area contributed by atoms with Crippen LogP contribution in [-0.4, -0.2) is 46.8 Å². The second kappa shape index (κ2) is 9.14. The molecule has 2 aromatic heterocycles. The zero-order valence-electron chi connectivity index (χ0n) is 15.8. The number of benzene rings is 1. The topological polar surface area (TPSA) is 77.4 Å². The van der Waals surface area contributed by atoms with Crippen molar-refractivity contribution in [1.82, 2.24) is 20.0 Å². The van der Waals surface area contributed by atoms with Crippen LogP contribution < -0.4 is 10.2 Å². The molecule has 0 atom stereocenters. The van der Waals surface area contributed by atoms with Crippen molar-refractivity contribution in [3.05, 3.63) is 54.7 Å². The Hall–Kier alpha value is -2.93. The number of aromatic nitrogens is 3. The molecular weight excluding hydrogens is 342 g/mol. The predicted octanol–water partition coefficient (Wildman–Crippen LogP) is 1.57. The lowest BCUT2D eigenvalue weighted by atomic mass is 10.2. The first-order chi connectivity index (χ1) is 13.2. The van der Waals surface area contributed by atoms with E-state index in [-0.39, 0.29) is 11.8 Å². The number of carbonyl (C=O) groups excluding carboxylic acids is 1. The van der Waals surface area contributed by atoms with E-state index in [1.165, 1.54) is 4.90 Å². The van der Waals surface area contributed by atoms with Crippen molar-refractivity contribution in [3.8, 4) is 17.1 Å². The summed E-state index contributed by atoms with van der Waals surface area (Å²) < 4.78 is 7.13. The summed E-state index contributed by atoms with van der Waals surface area (Å²) in [4.78, 5) is 17.9. The third-order valence-electron chi connectivity index (χ3n) is 4.64. The molecule has 7 heteroatoms. The summed E-state index contributed by atoms with van der Waals surface area (Å²) in [5.74, 6) is 0.0775. The van der Waals surface area contributed by atoms with Crippen LogP contribution in [0.25, 0.3) is 17.1 Å². The van der Waals surface area contributed by atoms with Gasteiger partial charge in [-0.25, -0.2) is 0 Å². The fourth-order valence-corrected chi connectivity index (χ4v) is 2.94. The molecule has 0 fully saturated rings. The summed E-state index contributed by atoms with van der Waals surface area (Å²) in [7, 11) is 0. The van der Waals surface area contributed by atoms with Crippen molar-refractivity contribution >= 4 is 5.91 Å². The standard InChI is InChI=1S/C20H25N5O2/c1-3-24(4-2)13-7-12-21-19(26)20-22-18(23-27-20)16-8-10-17(11-9-16)25-14-5-6-15-25/h5-6,8-11,14-15H,3-4,7,12-13H2,1-2H3,(H,21,26)/p+1.